The SMILES string of the molecule is CC[C@H](N)C(=O)N1C2CCC1CC(O)C2. The Labute approximate surface area is 90.4 Å². The van der Waals surface area contributed by atoms with Crippen molar-refractivity contribution in [3.8, 4) is 0 Å². The largest absolute Gasteiger partial charge is 0.393 e. The standard InChI is InChI=1S/C11H20N2O2/c1-2-10(12)11(15)13-7-3-4-8(13)6-9(14)5-7/h7-10,14H,2-6,12H2,1H3/t7?,8?,9?,10-/m0/s1. The number of hydrogen-bond donors (Lipinski definition) is 2. The third-order valence-electron chi connectivity index (χ3n) is 3.72. The zero-order valence-corrected chi connectivity index (χ0v) is 9.22. The van der Waals surface area contributed by atoms with Crippen LogP contribution in [0.3, 0.4) is 0 Å². The average Bonchev–Trinajstić information content (AvgIpc) is 2.49. The minimum Gasteiger partial charge on any atom is -0.393 e. The topological polar surface area (TPSA) is 66.6 Å². The molecular formula is C11H20N2O2. The predicted molar refractivity (Wildman–Crippen MR) is 57.2 cm³/mol. The molecule has 0 aliphatic carbocycles. The Bertz CT molecular complexity index is 243. The number of aliphatic hydroxyl groups excluding tert-OH is 1. The van der Waals surface area contributed by atoms with Crippen molar-refractivity contribution in [3.05, 3.63) is 0 Å². The minimum absolute atomic E-state index is 0.0805. The molecule has 0 radical (unpaired) electrons. The van der Waals surface area contributed by atoms with E-state index in [1.54, 1.807) is 0 Å². The number of rotatable bonds is 2. The number of hydrogen-bond acceptors (Lipinski definition) is 3. The highest BCUT2D eigenvalue weighted by atomic mass is 16.3. The number of fused-ring (bicyclic) bond motifs is 2. The highest BCUT2D eigenvalue weighted by Gasteiger charge is 2.43. The number of aliphatic hydroxyl groups is 1. The van der Waals surface area contributed by atoms with Gasteiger partial charge in [0.2, 0.25) is 5.91 Å². The molecule has 2 rings (SSSR count). The van der Waals surface area contributed by atoms with Gasteiger partial charge < -0.3 is 15.7 Å². The molecule has 1 amide bonds. The molecule has 2 aliphatic heterocycles. The summed E-state index contributed by atoms with van der Waals surface area (Å²) in [6, 6.07) is 0.121. The highest BCUT2D eigenvalue weighted by Crippen LogP contribution is 2.36. The molecule has 3 N–H and O–H groups in total. The van der Waals surface area contributed by atoms with Gasteiger partial charge in [-0.15, -0.1) is 0 Å². The predicted octanol–water partition coefficient (Wildman–Crippen LogP) is 0.238. The first-order valence-corrected chi connectivity index (χ1v) is 5.89. The second kappa shape index (κ2) is 4.10. The van der Waals surface area contributed by atoms with Gasteiger partial charge in [0.15, 0.2) is 0 Å². The van der Waals surface area contributed by atoms with Crippen LogP contribution in [0.4, 0.5) is 0 Å². The van der Waals surface area contributed by atoms with E-state index in [0.29, 0.717) is 6.42 Å². The van der Waals surface area contributed by atoms with Gasteiger partial charge in [-0.2, -0.15) is 0 Å². The quantitative estimate of drug-likeness (QED) is 0.689. The number of amides is 1. The molecule has 2 unspecified atom stereocenters. The fourth-order valence-electron chi connectivity index (χ4n) is 2.87. The van der Waals surface area contributed by atoms with E-state index in [1.807, 2.05) is 11.8 Å². The van der Waals surface area contributed by atoms with E-state index in [1.165, 1.54) is 0 Å². The average molecular weight is 212 g/mol. The van der Waals surface area contributed by atoms with Gasteiger partial charge >= 0.3 is 0 Å². The van der Waals surface area contributed by atoms with Gasteiger partial charge in [0.05, 0.1) is 12.1 Å². The summed E-state index contributed by atoms with van der Waals surface area (Å²) >= 11 is 0. The van der Waals surface area contributed by atoms with E-state index in [9.17, 15) is 9.90 Å². The Hall–Kier alpha value is -0.610. The number of carbonyl (C=O) groups excluding carboxylic acids is 1. The fourth-order valence-corrected chi connectivity index (χ4v) is 2.87. The molecule has 0 spiro atoms. The lowest BCUT2D eigenvalue weighted by molar-refractivity contribution is -0.138. The van der Waals surface area contributed by atoms with Gasteiger partial charge in [0.25, 0.3) is 0 Å². The molecule has 0 aromatic heterocycles. The van der Waals surface area contributed by atoms with Crippen LogP contribution in [0.5, 0.6) is 0 Å². The first kappa shape index (κ1) is 10.9. The summed E-state index contributed by atoms with van der Waals surface area (Å²) in [7, 11) is 0. The van der Waals surface area contributed by atoms with Gasteiger partial charge in [-0.1, -0.05) is 6.92 Å². The van der Waals surface area contributed by atoms with E-state index >= 15 is 0 Å². The summed E-state index contributed by atoms with van der Waals surface area (Å²) in [5, 5.41) is 9.62. The molecule has 0 saturated carbocycles. The van der Waals surface area contributed by atoms with Crippen LogP contribution in [-0.4, -0.2) is 40.1 Å². The maximum Gasteiger partial charge on any atom is 0.239 e. The third-order valence-corrected chi connectivity index (χ3v) is 3.72. The third kappa shape index (κ3) is 1.88. The van der Waals surface area contributed by atoms with Crippen molar-refractivity contribution in [1.29, 1.82) is 0 Å². The monoisotopic (exact) mass is 212 g/mol. The van der Waals surface area contributed by atoms with Crippen molar-refractivity contribution in [1.82, 2.24) is 4.90 Å². The van der Waals surface area contributed by atoms with Crippen LogP contribution < -0.4 is 5.73 Å². The number of carbonyl (C=O) groups is 1. The Kier molecular flexibility index (Phi) is 2.98. The molecule has 2 bridgehead atoms. The second-order valence-corrected chi connectivity index (χ2v) is 4.77. The molecular weight excluding hydrogens is 192 g/mol. The van der Waals surface area contributed by atoms with Crippen molar-refractivity contribution < 1.29 is 9.90 Å². The Balaban J connectivity index is 2.08. The zero-order valence-electron chi connectivity index (χ0n) is 9.22. The molecule has 0 aromatic carbocycles. The van der Waals surface area contributed by atoms with Crippen molar-refractivity contribution in [2.45, 2.75) is 63.3 Å². The normalized spacial score (nSPS) is 36.7. The van der Waals surface area contributed by atoms with E-state index < -0.39 is 0 Å². The first-order chi connectivity index (χ1) is 7.13. The number of nitrogens with zero attached hydrogens (tertiary/aromatic N) is 1. The van der Waals surface area contributed by atoms with Crippen LogP contribution >= 0.6 is 0 Å². The lowest BCUT2D eigenvalue weighted by atomic mass is 9.98. The lowest BCUT2D eigenvalue weighted by Crippen LogP contribution is -2.53. The van der Waals surface area contributed by atoms with Crippen molar-refractivity contribution in [3.63, 3.8) is 0 Å². The Morgan fingerprint density at radius 3 is 2.47 bits per heavy atom. The van der Waals surface area contributed by atoms with Crippen LogP contribution in [0.2, 0.25) is 0 Å². The molecule has 2 fully saturated rings. The van der Waals surface area contributed by atoms with E-state index in [0.717, 1.165) is 25.7 Å². The molecule has 15 heavy (non-hydrogen) atoms. The summed E-state index contributed by atoms with van der Waals surface area (Å²) in [6.45, 7) is 1.93. The molecule has 86 valence electrons. The van der Waals surface area contributed by atoms with Crippen molar-refractivity contribution in [2.24, 2.45) is 5.73 Å². The summed E-state index contributed by atoms with van der Waals surface area (Å²) < 4.78 is 0. The van der Waals surface area contributed by atoms with Crippen molar-refractivity contribution >= 4 is 5.91 Å². The first-order valence-electron chi connectivity index (χ1n) is 5.89. The molecule has 2 saturated heterocycles. The van der Waals surface area contributed by atoms with Crippen LogP contribution in [0.15, 0.2) is 0 Å². The van der Waals surface area contributed by atoms with E-state index in [4.69, 9.17) is 5.73 Å². The summed E-state index contributed by atoms with van der Waals surface area (Å²) in [5.41, 5.74) is 5.78. The van der Waals surface area contributed by atoms with Gasteiger partial charge in [0.1, 0.15) is 0 Å². The molecule has 2 heterocycles. The second-order valence-electron chi connectivity index (χ2n) is 4.77. The fraction of sp³-hybridized carbons (Fsp3) is 0.909. The van der Waals surface area contributed by atoms with Crippen LogP contribution in [0.1, 0.15) is 39.0 Å². The molecule has 2 aliphatic rings. The van der Waals surface area contributed by atoms with Crippen LogP contribution in [0, 0.1) is 0 Å². The smallest absolute Gasteiger partial charge is 0.239 e. The van der Waals surface area contributed by atoms with E-state index in [2.05, 4.69) is 0 Å². The molecule has 0 aromatic rings. The molecule has 4 heteroatoms. The highest BCUT2D eigenvalue weighted by molar-refractivity contribution is 5.82. The summed E-state index contributed by atoms with van der Waals surface area (Å²) in [6.07, 6.45) is 4.01. The minimum atomic E-state index is -0.358. The van der Waals surface area contributed by atoms with Crippen molar-refractivity contribution in [2.75, 3.05) is 0 Å². The Morgan fingerprint density at radius 2 is 2.00 bits per heavy atom. The Morgan fingerprint density at radius 1 is 1.47 bits per heavy atom. The lowest BCUT2D eigenvalue weighted by Gasteiger charge is -2.38. The number of nitrogens with two attached hydrogens (primary N) is 1. The van der Waals surface area contributed by atoms with Gasteiger partial charge in [0, 0.05) is 12.1 Å². The molecule has 3 atom stereocenters. The van der Waals surface area contributed by atoms with Gasteiger partial charge in [-0.3, -0.25) is 4.79 Å². The van der Waals surface area contributed by atoms with E-state index in [-0.39, 0.29) is 30.1 Å². The maximum absolute atomic E-state index is 12.0. The summed E-state index contributed by atoms with van der Waals surface area (Å²) in [5.74, 6) is 0.0805. The molecule has 4 nitrogen and oxygen atoms in total. The maximum atomic E-state index is 12.0. The van der Waals surface area contributed by atoms with Crippen LogP contribution in [-0.2, 0) is 4.79 Å². The van der Waals surface area contributed by atoms with Gasteiger partial charge in [-0.25, -0.2) is 0 Å². The van der Waals surface area contributed by atoms with Gasteiger partial charge in [-0.05, 0) is 32.1 Å². The summed E-state index contributed by atoms with van der Waals surface area (Å²) in [4.78, 5) is 14.0. The zero-order chi connectivity index (χ0) is 11.0. The number of piperidine rings is 1. The van der Waals surface area contributed by atoms with Crippen LogP contribution in [0.25, 0.3) is 0 Å².